The summed E-state index contributed by atoms with van der Waals surface area (Å²) in [6.07, 6.45) is 6.86. The molecule has 0 radical (unpaired) electrons. The molecule has 0 saturated carbocycles. The maximum Gasteiger partial charge on any atom is 0.325 e. The van der Waals surface area contributed by atoms with Crippen molar-refractivity contribution in [2.24, 2.45) is 0 Å². The van der Waals surface area contributed by atoms with Crippen molar-refractivity contribution in [1.82, 2.24) is 15.5 Å². The lowest BCUT2D eigenvalue weighted by Gasteiger charge is -2.31. The molecule has 2 aliphatic heterocycles. The molecule has 5 heteroatoms. The van der Waals surface area contributed by atoms with E-state index >= 15 is 0 Å². The second kappa shape index (κ2) is 4.14. The molecule has 2 fully saturated rings. The Morgan fingerprint density at radius 1 is 1.38 bits per heavy atom. The van der Waals surface area contributed by atoms with Gasteiger partial charge in [0.2, 0.25) is 0 Å². The van der Waals surface area contributed by atoms with E-state index in [2.05, 4.69) is 16.6 Å². The predicted molar refractivity (Wildman–Crippen MR) is 58.5 cm³/mol. The van der Waals surface area contributed by atoms with Gasteiger partial charge in [0.1, 0.15) is 5.54 Å². The normalized spacial score (nSPS) is 23.3. The summed E-state index contributed by atoms with van der Waals surface area (Å²) in [5, 5.41) is 5.98. The molecule has 3 amide bonds. The lowest BCUT2D eigenvalue weighted by molar-refractivity contribution is -0.132. The fourth-order valence-corrected chi connectivity index (χ4v) is 2.25. The molecule has 0 aromatic heterocycles. The van der Waals surface area contributed by atoms with Crippen LogP contribution < -0.4 is 10.6 Å². The number of nitrogens with zero attached hydrogens (tertiary/aromatic N) is 1. The number of hydrogen-bond acceptors (Lipinski definition) is 3. The summed E-state index contributed by atoms with van der Waals surface area (Å²) in [5.41, 5.74) is -0.670. The number of nitrogens with one attached hydrogen (secondary N) is 2. The minimum atomic E-state index is -0.670. The number of amides is 3. The maximum atomic E-state index is 12.1. The van der Waals surface area contributed by atoms with Crippen LogP contribution in [-0.2, 0) is 4.79 Å². The molecule has 86 valence electrons. The van der Waals surface area contributed by atoms with E-state index in [1.54, 1.807) is 0 Å². The molecule has 5 nitrogen and oxygen atoms in total. The van der Waals surface area contributed by atoms with E-state index in [0.717, 1.165) is 13.1 Å². The van der Waals surface area contributed by atoms with Crippen LogP contribution in [0.2, 0.25) is 0 Å². The van der Waals surface area contributed by atoms with E-state index in [9.17, 15) is 9.59 Å². The van der Waals surface area contributed by atoms with Gasteiger partial charge in [0.05, 0.1) is 0 Å². The lowest BCUT2D eigenvalue weighted by atomic mass is 9.88. The number of rotatable bonds is 2. The highest BCUT2D eigenvalue weighted by Crippen LogP contribution is 2.26. The predicted octanol–water partition coefficient (Wildman–Crippen LogP) is -0.316. The molecule has 2 heterocycles. The Bertz CT molecular complexity index is 353. The Kier molecular flexibility index (Phi) is 2.84. The molecule has 2 aliphatic rings. The summed E-state index contributed by atoms with van der Waals surface area (Å²) in [5.74, 6) is 2.32. The molecule has 0 atom stereocenters. The summed E-state index contributed by atoms with van der Waals surface area (Å²) in [4.78, 5) is 25.1. The Labute approximate surface area is 94.6 Å². The lowest BCUT2D eigenvalue weighted by Crippen LogP contribution is -2.53. The molecule has 16 heavy (non-hydrogen) atoms. The molecule has 0 bridgehead atoms. The molecule has 2 rings (SSSR count). The van der Waals surface area contributed by atoms with Crippen molar-refractivity contribution in [2.45, 2.75) is 24.8 Å². The minimum absolute atomic E-state index is 0.116. The van der Waals surface area contributed by atoms with Gasteiger partial charge in [-0.15, -0.1) is 12.3 Å². The zero-order chi connectivity index (χ0) is 11.6. The van der Waals surface area contributed by atoms with Gasteiger partial charge in [-0.3, -0.25) is 9.69 Å². The van der Waals surface area contributed by atoms with Crippen molar-refractivity contribution in [3.05, 3.63) is 0 Å². The van der Waals surface area contributed by atoms with Gasteiger partial charge in [0.15, 0.2) is 0 Å². The molecule has 2 saturated heterocycles. The summed E-state index contributed by atoms with van der Waals surface area (Å²) < 4.78 is 0. The first-order chi connectivity index (χ1) is 7.69. The smallest absolute Gasteiger partial charge is 0.323 e. The Hall–Kier alpha value is -1.54. The van der Waals surface area contributed by atoms with E-state index < -0.39 is 5.54 Å². The zero-order valence-corrected chi connectivity index (χ0v) is 9.08. The van der Waals surface area contributed by atoms with Crippen molar-refractivity contribution >= 4 is 11.9 Å². The van der Waals surface area contributed by atoms with Gasteiger partial charge in [0, 0.05) is 13.0 Å². The Balaban J connectivity index is 2.12. The quantitative estimate of drug-likeness (QED) is 0.496. The average Bonchev–Trinajstić information content (AvgIpc) is 2.50. The van der Waals surface area contributed by atoms with Gasteiger partial charge in [-0.05, 0) is 25.9 Å². The highest BCUT2D eigenvalue weighted by molar-refractivity contribution is 6.07. The van der Waals surface area contributed by atoms with Crippen LogP contribution in [0, 0.1) is 12.3 Å². The average molecular weight is 221 g/mol. The first-order valence-electron chi connectivity index (χ1n) is 5.48. The van der Waals surface area contributed by atoms with Crippen LogP contribution in [0.3, 0.4) is 0 Å². The second-order valence-corrected chi connectivity index (χ2v) is 4.17. The molecule has 0 unspecified atom stereocenters. The van der Waals surface area contributed by atoms with Crippen LogP contribution in [0.25, 0.3) is 0 Å². The third kappa shape index (κ3) is 1.65. The van der Waals surface area contributed by atoms with Crippen molar-refractivity contribution < 1.29 is 9.59 Å². The summed E-state index contributed by atoms with van der Waals surface area (Å²) in [7, 11) is 0. The third-order valence-corrected chi connectivity index (χ3v) is 3.18. The molecule has 0 aromatic carbocycles. The second-order valence-electron chi connectivity index (χ2n) is 4.17. The topological polar surface area (TPSA) is 61.4 Å². The van der Waals surface area contributed by atoms with Gasteiger partial charge >= 0.3 is 6.03 Å². The van der Waals surface area contributed by atoms with Crippen molar-refractivity contribution in [3.63, 3.8) is 0 Å². The van der Waals surface area contributed by atoms with E-state index in [-0.39, 0.29) is 11.9 Å². The number of carbonyl (C=O) groups is 2. The van der Waals surface area contributed by atoms with Gasteiger partial charge in [-0.2, -0.15) is 0 Å². The highest BCUT2D eigenvalue weighted by atomic mass is 16.2. The Morgan fingerprint density at radius 2 is 2.06 bits per heavy atom. The number of imide groups is 1. The van der Waals surface area contributed by atoms with Gasteiger partial charge in [-0.1, -0.05) is 0 Å². The summed E-state index contributed by atoms with van der Waals surface area (Å²) >= 11 is 0. The summed E-state index contributed by atoms with van der Waals surface area (Å²) in [6, 6.07) is -0.304. The largest absolute Gasteiger partial charge is 0.325 e. The van der Waals surface area contributed by atoms with Crippen molar-refractivity contribution in [1.29, 1.82) is 0 Å². The van der Waals surface area contributed by atoms with Crippen LogP contribution in [-0.4, -0.2) is 42.0 Å². The molecule has 1 spiro atoms. The number of carbonyl (C=O) groups excluding carboxylic acids is 2. The standard InChI is InChI=1S/C11H15N3O2/c1-2-3-8-14-9(15)11(13-10(14)16)4-6-12-7-5-11/h1,12H,3-8H2,(H,13,16). The molecular weight excluding hydrogens is 206 g/mol. The monoisotopic (exact) mass is 221 g/mol. The van der Waals surface area contributed by atoms with E-state index in [1.165, 1.54) is 4.90 Å². The maximum absolute atomic E-state index is 12.1. The first kappa shape index (κ1) is 11.0. The van der Waals surface area contributed by atoms with Crippen LogP contribution >= 0.6 is 0 Å². The van der Waals surface area contributed by atoms with Crippen LogP contribution in [0.15, 0.2) is 0 Å². The highest BCUT2D eigenvalue weighted by Gasteiger charge is 2.50. The Morgan fingerprint density at radius 3 is 2.69 bits per heavy atom. The van der Waals surface area contributed by atoms with E-state index in [0.29, 0.717) is 25.8 Å². The van der Waals surface area contributed by atoms with Gasteiger partial charge in [-0.25, -0.2) is 4.79 Å². The van der Waals surface area contributed by atoms with Crippen LogP contribution in [0.4, 0.5) is 4.79 Å². The molecule has 2 N–H and O–H groups in total. The number of piperidine rings is 1. The van der Waals surface area contributed by atoms with Crippen molar-refractivity contribution in [3.8, 4) is 12.3 Å². The van der Waals surface area contributed by atoms with Gasteiger partial charge in [0.25, 0.3) is 5.91 Å². The molecule has 0 aromatic rings. The van der Waals surface area contributed by atoms with E-state index in [1.807, 2.05) is 0 Å². The fraction of sp³-hybridized carbons (Fsp3) is 0.636. The summed E-state index contributed by atoms with van der Waals surface area (Å²) in [6.45, 7) is 1.83. The SMILES string of the molecule is C#CCCN1C(=O)NC2(CCNCC2)C1=O. The van der Waals surface area contributed by atoms with Crippen LogP contribution in [0.1, 0.15) is 19.3 Å². The minimum Gasteiger partial charge on any atom is -0.323 e. The molecule has 0 aliphatic carbocycles. The number of terminal acetylenes is 1. The van der Waals surface area contributed by atoms with Crippen LogP contribution in [0.5, 0.6) is 0 Å². The fourth-order valence-electron chi connectivity index (χ4n) is 2.25. The zero-order valence-electron chi connectivity index (χ0n) is 9.08. The third-order valence-electron chi connectivity index (χ3n) is 3.18. The number of hydrogen-bond donors (Lipinski definition) is 2. The van der Waals surface area contributed by atoms with E-state index in [4.69, 9.17) is 6.42 Å². The van der Waals surface area contributed by atoms with Crippen molar-refractivity contribution in [2.75, 3.05) is 19.6 Å². The molecular formula is C11H15N3O2. The van der Waals surface area contributed by atoms with Gasteiger partial charge < -0.3 is 10.6 Å². The number of urea groups is 1. The first-order valence-corrected chi connectivity index (χ1v) is 5.48.